The zero-order valence-electron chi connectivity index (χ0n) is 14.9. The summed E-state index contributed by atoms with van der Waals surface area (Å²) >= 11 is 3.55. The van der Waals surface area contributed by atoms with Crippen molar-refractivity contribution in [2.75, 3.05) is 14.2 Å². The summed E-state index contributed by atoms with van der Waals surface area (Å²) in [6.07, 6.45) is 11.7. The first kappa shape index (κ1) is 18.4. The molecular formula is C19H26BrN3O2. The van der Waals surface area contributed by atoms with Crippen LogP contribution in [0.2, 0.25) is 0 Å². The molecular weight excluding hydrogens is 382 g/mol. The zero-order valence-corrected chi connectivity index (χ0v) is 16.5. The number of methoxy groups -OCH3 is 1. The minimum absolute atomic E-state index is 0.0654. The molecule has 25 heavy (non-hydrogen) atoms. The van der Waals surface area contributed by atoms with Crippen LogP contribution in [0.5, 0.6) is 0 Å². The molecule has 0 bridgehead atoms. The normalized spacial score (nSPS) is 39.6. The van der Waals surface area contributed by atoms with Gasteiger partial charge in [0.1, 0.15) is 0 Å². The fourth-order valence-corrected chi connectivity index (χ4v) is 5.05. The van der Waals surface area contributed by atoms with Gasteiger partial charge in [-0.2, -0.15) is 0 Å². The van der Waals surface area contributed by atoms with Crippen LogP contribution < -0.4 is 5.73 Å². The Bertz CT molecular complexity index is 674. The van der Waals surface area contributed by atoms with Crippen molar-refractivity contribution in [2.45, 2.75) is 50.2 Å². The molecule has 3 aliphatic rings. The maximum absolute atomic E-state index is 13.4. The molecule has 1 atom stereocenters. The van der Waals surface area contributed by atoms with E-state index in [0.717, 1.165) is 43.0 Å². The molecule has 1 amide bonds. The summed E-state index contributed by atoms with van der Waals surface area (Å²) in [5.74, 6) is 0.209. The fraction of sp³-hybridized carbons (Fsp3) is 0.579. The first-order valence-corrected chi connectivity index (χ1v) is 9.55. The van der Waals surface area contributed by atoms with E-state index in [9.17, 15) is 4.79 Å². The van der Waals surface area contributed by atoms with E-state index in [4.69, 9.17) is 15.5 Å². The lowest BCUT2D eigenvalue weighted by Crippen LogP contribution is -2.56. The number of amides is 1. The predicted octanol–water partition coefficient (Wildman–Crippen LogP) is 3.27. The van der Waals surface area contributed by atoms with Crippen LogP contribution in [0.3, 0.4) is 0 Å². The van der Waals surface area contributed by atoms with Crippen LogP contribution in [0.15, 0.2) is 39.9 Å². The lowest BCUT2D eigenvalue weighted by Gasteiger charge is -2.49. The number of guanidine groups is 1. The van der Waals surface area contributed by atoms with Gasteiger partial charge in [-0.1, -0.05) is 34.7 Å². The predicted molar refractivity (Wildman–Crippen MR) is 103 cm³/mol. The van der Waals surface area contributed by atoms with Crippen molar-refractivity contribution >= 4 is 27.8 Å². The second-order valence-electron chi connectivity index (χ2n) is 7.26. The average molecular weight is 408 g/mol. The minimum Gasteiger partial charge on any atom is -0.381 e. The summed E-state index contributed by atoms with van der Waals surface area (Å²) in [4.78, 5) is 19.6. The number of hydrogen-bond donors (Lipinski definition) is 1. The second-order valence-corrected chi connectivity index (χ2v) is 8.17. The van der Waals surface area contributed by atoms with E-state index in [1.165, 1.54) is 4.90 Å². The van der Waals surface area contributed by atoms with Crippen LogP contribution in [0, 0.1) is 5.41 Å². The van der Waals surface area contributed by atoms with Crippen LogP contribution in [0.25, 0.3) is 0 Å². The van der Waals surface area contributed by atoms with E-state index in [2.05, 4.69) is 28.6 Å². The lowest BCUT2D eigenvalue weighted by molar-refractivity contribution is -0.135. The Labute approximate surface area is 157 Å². The molecule has 1 fully saturated rings. The number of hydrogen-bond acceptors (Lipinski definition) is 4. The Morgan fingerprint density at radius 3 is 2.64 bits per heavy atom. The van der Waals surface area contributed by atoms with E-state index >= 15 is 0 Å². The molecule has 1 aliphatic heterocycles. The summed E-state index contributed by atoms with van der Waals surface area (Å²) in [6.45, 7) is 4.27. The average Bonchev–Trinajstić information content (AvgIpc) is 2.86. The molecule has 0 radical (unpaired) electrons. The molecule has 6 heteroatoms. The van der Waals surface area contributed by atoms with Crippen LogP contribution in [0.4, 0.5) is 0 Å². The van der Waals surface area contributed by atoms with Crippen molar-refractivity contribution in [1.82, 2.24) is 4.90 Å². The van der Waals surface area contributed by atoms with Crippen molar-refractivity contribution in [3.8, 4) is 0 Å². The molecule has 1 unspecified atom stereocenters. The van der Waals surface area contributed by atoms with Gasteiger partial charge < -0.3 is 10.5 Å². The van der Waals surface area contributed by atoms with Crippen LogP contribution in [-0.2, 0) is 9.53 Å². The first-order chi connectivity index (χ1) is 11.9. The number of nitrogens with zero attached hydrogens (tertiary/aromatic N) is 2. The number of ether oxygens (including phenoxy) is 1. The van der Waals surface area contributed by atoms with Gasteiger partial charge in [-0.25, -0.2) is 4.99 Å². The Morgan fingerprint density at radius 2 is 2.08 bits per heavy atom. The zero-order chi connectivity index (χ0) is 18.2. The molecule has 136 valence electrons. The van der Waals surface area contributed by atoms with Gasteiger partial charge in [0.2, 0.25) is 0 Å². The maximum atomic E-state index is 13.4. The maximum Gasteiger partial charge on any atom is 0.262 e. The highest BCUT2D eigenvalue weighted by atomic mass is 79.9. The van der Waals surface area contributed by atoms with Crippen molar-refractivity contribution in [1.29, 1.82) is 0 Å². The van der Waals surface area contributed by atoms with Crippen molar-refractivity contribution < 1.29 is 9.53 Å². The van der Waals surface area contributed by atoms with Gasteiger partial charge in [0.15, 0.2) is 11.5 Å². The number of likely N-dealkylation sites (N-methyl/N-ethyl adjacent to an activating group) is 1. The standard InChI is InChI=1S/C19H26BrN3O2/c1-13-12-14(20)6-4-5-9-18(10-7-15(25-3)8-11-18)19(13)16(24)23(2)17(21)22-19/h4,6,12,15H,1,5,7-11H2,2-3H3,(H2,21,22)/b6-4-,14-12+. The number of aliphatic imine (C=N–C) groups is 1. The van der Waals surface area contributed by atoms with Crippen molar-refractivity contribution in [3.63, 3.8) is 0 Å². The number of halogens is 1. The van der Waals surface area contributed by atoms with E-state index in [0.29, 0.717) is 5.57 Å². The summed E-state index contributed by atoms with van der Waals surface area (Å²) in [7, 11) is 3.45. The Kier molecular flexibility index (Phi) is 4.95. The summed E-state index contributed by atoms with van der Waals surface area (Å²) in [5.41, 5.74) is 5.49. The molecule has 0 aromatic carbocycles. The van der Waals surface area contributed by atoms with Gasteiger partial charge >= 0.3 is 0 Å². The van der Waals surface area contributed by atoms with Crippen LogP contribution in [-0.4, -0.2) is 42.6 Å². The monoisotopic (exact) mass is 407 g/mol. The second kappa shape index (κ2) is 6.72. The van der Waals surface area contributed by atoms with E-state index in [1.807, 2.05) is 12.2 Å². The number of carbonyl (C=O) groups excluding carboxylic acids is 1. The third-order valence-electron chi connectivity index (χ3n) is 6.07. The van der Waals surface area contributed by atoms with Gasteiger partial charge in [0.25, 0.3) is 5.91 Å². The first-order valence-electron chi connectivity index (χ1n) is 8.76. The summed E-state index contributed by atoms with van der Waals surface area (Å²) < 4.78 is 6.46. The Balaban J connectivity index is 2.14. The number of rotatable bonds is 1. The third kappa shape index (κ3) is 2.79. The highest BCUT2D eigenvalue weighted by molar-refractivity contribution is 9.11. The molecule has 0 saturated heterocycles. The summed E-state index contributed by atoms with van der Waals surface area (Å²) in [5, 5.41) is 0. The Morgan fingerprint density at radius 1 is 1.40 bits per heavy atom. The molecule has 0 aromatic rings. The smallest absolute Gasteiger partial charge is 0.262 e. The van der Waals surface area contributed by atoms with Crippen molar-refractivity contribution in [3.05, 3.63) is 34.9 Å². The minimum atomic E-state index is -1.02. The van der Waals surface area contributed by atoms with Gasteiger partial charge in [-0.15, -0.1) is 0 Å². The molecule has 2 aliphatic carbocycles. The van der Waals surface area contributed by atoms with E-state index in [1.54, 1.807) is 14.2 Å². The SMILES string of the molecule is C=C1/C=C(Br)\C=C/CCC2(CCC(OC)CC2)C12N=C(N)N(C)C2=O. The topological polar surface area (TPSA) is 67.9 Å². The largest absolute Gasteiger partial charge is 0.381 e. The van der Waals surface area contributed by atoms with E-state index in [-0.39, 0.29) is 23.4 Å². The van der Waals surface area contributed by atoms with Crippen molar-refractivity contribution in [2.24, 2.45) is 16.1 Å². The number of nitrogens with two attached hydrogens (primary N) is 1. The highest BCUT2D eigenvalue weighted by Crippen LogP contribution is 2.56. The molecule has 2 spiro atoms. The molecule has 5 nitrogen and oxygen atoms in total. The summed E-state index contributed by atoms with van der Waals surface area (Å²) in [6, 6.07) is 0. The van der Waals surface area contributed by atoms with E-state index < -0.39 is 5.54 Å². The third-order valence-corrected chi connectivity index (χ3v) is 6.57. The molecule has 1 heterocycles. The number of fused-ring (bicyclic) bond motifs is 1. The number of carbonyl (C=O) groups is 1. The van der Waals surface area contributed by atoms with Crippen LogP contribution >= 0.6 is 15.9 Å². The van der Waals surface area contributed by atoms with Gasteiger partial charge in [0, 0.05) is 24.1 Å². The van der Waals surface area contributed by atoms with Gasteiger partial charge in [-0.05, 0) is 50.2 Å². The highest BCUT2D eigenvalue weighted by Gasteiger charge is 2.62. The quantitative estimate of drug-likeness (QED) is 0.724. The van der Waals surface area contributed by atoms with Gasteiger partial charge in [0.05, 0.1) is 6.10 Å². The van der Waals surface area contributed by atoms with Gasteiger partial charge in [-0.3, -0.25) is 9.69 Å². The fourth-order valence-electron chi connectivity index (χ4n) is 4.58. The Hall–Kier alpha value is -1.40. The lowest BCUT2D eigenvalue weighted by atomic mass is 9.56. The molecule has 2 N–H and O–H groups in total. The number of allylic oxidation sites excluding steroid dienone is 3. The molecule has 3 rings (SSSR count). The molecule has 0 aromatic heterocycles. The molecule has 1 saturated carbocycles. The van der Waals surface area contributed by atoms with Crippen LogP contribution in [0.1, 0.15) is 38.5 Å².